The van der Waals surface area contributed by atoms with Crippen LogP contribution in [0.5, 0.6) is 0 Å². The third-order valence-electron chi connectivity index (χ3n) is 4.91. The lowest BCUT2D eigenvalue weighted by molar-refractivity contribution is -0.387. The summed E-state index contributed by atoms with van der Waals surface area (Å²) in [4.78, 5) is 38.5. The Kier molecular flexibility index (Phi) is 7.06. The van der Waals surface area contributed by atoms with E-state index in [1.54, 1.807) is 36.4 Å². The number of thiocarbonyl (C=S) groups is 1. The first-order valence-corrected chi connectivity index (χ1v) is 11.7. The standard InChI is InChI=1S/C24H16ClN3O4S2/c25-17-7-9-18(10-8-17)27-23(30)19(22(29)26-24(27)33)12-16-6-11-21(20(13-16)28(31)32)34-14-15-4-2-1-3-5-15/h1-13H,14H2,(H,26,29,33)/b19-12+. The first kappa shape index (κ1) is 23.6. The summed E-state index contributed by atoms with van der Waals surface area (Å²) in [7, 11) is 0. The van der Waals surface area contributed by atoms with Gasteiger partial charge in [0.15, 0.2) is 5.11 Å². The molecule has 1 aliphatic heterocycles. The number of carbonyl (C=O) groups excluding carboxylic acids is 2. The van der Waals surface area contributed by atoms with E-state index in [-0.39, 0.29) is 16.4 Å². The molecule has 0 aromatic heterocycles. The Balaban J connectivity index is 1.63. The minimum absolute atomic E-state index is 0.0619. The van der Waals surface area contributed by atoms with Crippen molar-refractivity contribution in [2.75, 3.05) is 4.90 Å². The molecule has 10 heteroatoms. The number of anilines is 1. The fourth-order valence-corrected chi connectivity index (χ4v) is 4.64. The van der Waals surface area contributed by atoms with E-state index in [0.29, 0.717) is 26.9 Å². The van der Waals surface area contributed by atoms with Gasteiger partial charge in [0.25, 0.3) is 17.5 Å². The molecule has 0 bridgehead atoms. The quantitative estimate of drug-likeness (QED) is 0.120. The van der Waals surface area contributed by atoms with Gasteiger partial charge in [-0.1, -0.05) is 48.0 Å². The largest absolute Gasteiger partial charge is 0.298 e. The van der Waals surface area contributed by atoms with Crippen LogP contribution in [0, 0.1) is 10.1 Å². The van der Waals surface area contributed by atoms with Crippen molar-refractivity contribution in [3.8, 4) is 0 Å². The first-order chi connectivity index (χ1) is 16.3. The lowest BCUT2D eigenvalue weighted by Gasteiger charge is -2.28. The molecule has 1 aliphatic rings. The van der Waals surface area contributed by atoms with Gasteiger partial charge >= 0.3 is 0 Å². The zero-order chi connectivity index (χ0) is 24.2. The maximum atomic E-state index is 13.1. The van der Waals surface area contributed by atoms with Gasteiger partial charge in [0, 0.05) is 16.8 Å². The zero-order valence-corrected chi connectivity index (χ0v) is 19.8. The van der Waals surface area contributed by atoms with Gasteiger partial charge in [-0.3, -0.25) is 29.9 Å². The summed E-state index contributed by atoms with van der Waals surface area (Å²) >= 11 is 12.4. The summed E-state index contributed by atoms with van der Waals surface area (Å²) in [6.07, 6.45) is 1.32. The number of nitro groups is 1. The molecule has 4 rings (SSSR count). The molecule has 1 heterocycles. The number of hydrogen-bond acceptors (Lipinski definition) is 6. The van der Waals surface area contributed by atoms with Crippen molar-refractivity contribution in [1.29, 1.82) is 0 Å². The average molecular weight is 510 g/mol. The third kappa shape index (κ3) is 5.17. The van der Waals surface area contributed by atoms with Crippen LogP contribution in [-0.4, -0.2) is 21.9 Å². The van der Waals surface area contributed by atoms with Gasteiger partial charge < -0.3 is 0 Å². The van der Waals surface area contributed by atoms with Crippen LogP contribution in [0.1, 0.15) is 11.1 Å². The molecule has 7 nitrogen and oxygen atoms in total. The van der Waals surface area contributed by atoms with E-state index in [1.165, 1.54) is 28.8 Å². The molecule has 0 unspecified atom stereocenters. The predicted octanol–water partition coefficient (Wildman–Crippen LogP) is 5.37. The van der Waals surface area contributed by atoms with E-state index < -0.39 is 16.7 Å². The number of thioether (sulfide) groups is 1. The monoisotopic (exact) mass is 509 g/mol. The minimum Gasteiger partial charge on any atom is -0.298 e. The van der Waals surface area contributed by atoms with Gasteiger partial charge in [0.2, 0.25) is 0 Å². The topological polar surface area (TPSA) is 92.6 Å². The Hall–Kier alpha value is -3.53. The third-order valence-corrected chi connectivity index (χ3v) is 6.58. The second-order valence-electron chi connectivity index (χ2n) is 7.19. The highest BCUT2D eigenvalue weighted by molar-refractivity contribution is 7.98. The summed E-state index contributed by atoms with van der Waals surface area (Å²) in [6.45, 7) is 0. The van der Waals surface area contributed by atoms with Gasteiger partial charge in [-0.25, -0.2) is 0 Å². The molecule has 3 aromatic carbocycles. The van der Waals surface area contributed by atoms with Crippen LogP contribution >= 0.6 is 35.6 Å². The molecule has 170 valence electrons. The smallest absolute Gasteiger partial charge is 0.283 e. The Labute approximate surface area is 209 Å². The summed E-state index contributed by atoms with van der Waals surface area (Å²) in [5, 5.41) is 14.6. The highest BCUT2D eigenvalue weighted by Crippen LogP contribution is 2.33. The van der Waals surface area contributed by atoms with E-state index in [4.69, 9.17) is 23.8 Å². The van der Waals surface area contributed by atoms with Crippen molar-refractivity contribution in [2.24, 2.45) is 0 Å². The molecule has 0 atom stereocenters. The maximum absolute atomic E-state index is 13.1. The van der Waals surface area contributed by atoms with E-state index >= 15 is 0 Å². The summed E-state index contributed by atoms with van der Waals surface area (Å²) in [6, 6.07) is 20.6. The van der Waals surface area contributed by atoms with Crippen molar-refractivity contribution in [2.45, 2.75) is 10.6 Å². The molecule has 0 aliphatic carbocycles. The lowest BCUT2D eigenvalue weighted by atomic mass is 10.1. The number of rotatable bonds is 6. The molecule has 1 fully saturated rings. The van der Waals surface area contributed by atoms with Gasteiger partial charge in [0.05, 0.1) is 15.5 Å². The summed E-state index contributed by atoms with van der Waals surface area (Å²) in [5.74, 6) is -0.747. The molecular weight excluding hydrogens is 494 g/mol. The van der Waals surface area contributed by atoms with Crippen LogP contribution < -0.4 is 10.2 Å². The number of hydrogen-bond donors (Lipinski definition) is 1. The van der Waals surface area contributed by atoms with Crippen molar-refractivity contribution < 1.29 is 14.5 Å². The van der Waals surface area contributed by atoms with Crippen LogP contribution in [-0.2, 0) is 15.3 Å². The van der Waals surface area contributed by atoms with E-state index in [1.807, 2.05) is 30.3 Å². The first-order valence-electron chi connectivity index (χ1n) is 9.95. The minimum atomic E-state index is -0.676. The molecule has 3 aromatic rings. The molecule has 1 N–H and O–H groups in total. The number of nitrogens with one attached hydrogen (secondary N) is 1. The Morgan fingerprint density at radius 2 is 1.76 bits per heavy atom. The number of nitro benzene ring substituents is 1. The predicted molar refractivity (Wildman–Crippen MR) is 137 cm³/mol. The van der Waals surface area contributed by atoms with Gasteiger partial charge in [-0.2, -0.15) is 0 Å². The van der Waals surface area contributed by atoms with Crippen LogP contribution in [0.15, 0.2) is 83.3 Å². The van der Waals surface area contributed by atoms with Crippen LogP contribution in [0.4, 0.5) is 11.4 Å². The fraction of sp³-hybridized carbons (Fsp3) is 0.0417. The van der Waals surface area contributed by atoms with Gasteiger partial charge in [0.1, 0.15) is 5.57 Å². The van der Waals surface area contributed by atoms with Crippen molar-refractivity contribution in [3.05, 3.63) is 105 Å². The Bertz CT molecular complexity index is 1330. The number of benzene rings is 3. The molecule has 2 amide bonds. The second-order valence-corrected chi connectivity index (χ2v) is 9.03. The lowest BCUT2D eigenvalue weighted by Crippen LogP contribution is -2.54. The number of carbonyl (C=O) groups is 2. The summed E-state index contributed by atoms with van der Waals surface area (Å²) in [5.41, 5.74) is 1.52. The molecule has 0 spiro atoms. The highest BCUT2D eigenvalue weighted by Gasteiger charge is 2.34. The number of nitrogens with zero attached hydrogens (tertiary/aromatic N) is 2. The second kappa shape index (κ2) is 10.2. The highest BCUT2D eigenvalue weighted by atomic mass is 35.5. The zero-order valence-electron chi connectivity index (χ0n) is 17.4. The number of amides is 2. The molecule has 34 heavy (non-hydrogen) atoms. The molecule has 1 saturated heterocycles. The molecule has 0 radical (unpaired) electrons. The van der Waals surface area contributed by atoms with Gasteiger partial charge in [-0.05, 0) is 59.8 Å². The summed E-state index contributed by atoms with van der Waals surface area (Å²) < 4.78 is 0. The van der Waals surface area contributed by atoms with Crippen LogP contribution in [0.3, 0.4) is 0 Å². The average Bonchev–Trinajstić information content (AvgIpc) is 2.82. The van der Waals surface area contributed by atoms with Gasteiger partial charge in [-0.15, -0.1) is 11.8 Å². The maximum Gasteiger partial charge on any atom is 0.283 e. The van der Waals surface area contributed by atoms with Crippen LogP contribution in [0.2, 0.25) is 5.02 Å². The van der Waals surface area contributed by atoms with Crippen molar-refractivity contribution in [1.82, 2.24) is 5.32 Å². The molecular formula is C24H16ClN3O4S2. The van der Waals surface area contributed by atoms with E-state index in [0.717, 1.165) is 5.56 Å². The number of halogens is 1. The molecule has 0 saturated carbocycles. The Morgan fingerprint density at radius 1 is 1.06 bits per heavy atom. The fourth-order valence-electron chi connectivity index (χ4n) is 3.27. The Morgan fingerprint density at radius 3 is 2.44 bits per heavy atom. The van der Waals surface area contributed by atoms with E-state index in [2.05, 4.69) is 5.32 Å². The van der Waals surface area contributed by atoms with Crippen molar-refractivity contribution >= 4 is 70.0 Å². The van der Waals surface area contributed by atoms with E-state index in [9.17, 15) is 19.7 Å². The van der Waals surface area contributed by atoms with Crippen LogP contribution in [0.25, 0.3) is 6.08 Å². The van der Waals surface area contributed by atoms with Crippen molar-refractivity contribution in [3.63, 3.8) is 0 Å². The SMILES string of the molecule is O=C1NC(=S)N(c2ccc(Cl)cc2)C(=O)/C1=C/c1ccc(SCc2ccccc2)c([N+](=O)[O-])c1. The normalized spacial score (nSPS) is 14.9.